The van der Waals surface area contributed by atoms with Crippen LogP contribution in [0.4, 0.5) is 0 Å². The van der Waals surface area contributed by atoms with Crippen LogP contribution in [-0.4, -0.2) is 21.9 Å². The fourth-order valence-corrected chi connectivity index (χ4v) is 1.73. The quantitative estimate of drug-likeness (QED) is 0.580. The Hall–Kier alpha value is -3.00. The van der Waals surface area contributed by atoms with Crippen molar-refractivity contribution in [3.8, 4) is 11.8 Å². The summed E-state index contributed by atoms with van der Waals surface area (Å²) in [5.41, 5.74) is 1.54. The van der Waals surface area contributed by atoms with E-state index in [1.807, 2.05) is 19.1 Å². The van der Waals surface area contributed by atoms with Crippen LogP contribution in [0.3, 0.4) is 0 Å². The molecule has 1 aliphatic heterocycles. The third kappa shape index (κ3) is 3.74. The minimum absolute atomic E-state index is 0.200. The molecule has 1 aliphatic rings. The average Bonchev–Trinajstić information content (AvgIpc) is 3.07. The van der Waals surface area contributed by atoms with Gasteiger partial charge < -0.3 is 15.6 Å². The van der Waals surface area contributed by atoms with Gasteiger partial charge in [0, 0.05) is 23.5 Å². The first-order valence-corrected chi connectivity index (χ1v) is 6.41. The molecule has 1 unspecified atom stereocenters. The van der Waals surface area contributed by atoms with Crippen LogP contribution in [0, 0.1) is 11.8 Å². The molecule has 21 heavy (non-hydrogen) atoms. The summed E-state index contributed by atoms with van der Waals surface area (Å²) in [4.78, 5) is 18.7. The Labute approximate surface area is 123 Å². The van der Waals surface area contributed by atoms with Crippen LogP contribution in [0.15, 0.2) is 55.2 Å². The van der Waals surface area contributed by atoms with E-state index in [1.54, 1.807) is 18.5 Å². The van der Waals surface area contributed by atoms with E-state index in [4.69, 9.17) is 0 Å². The Morgan fingerprint density at radius 1 is 1.48 bits per heavy atom. The van der Waals surface area contributed by atoms with Gasteiger partial charge in [-0.1, -0.05) is 37.2 Å². The van der Waals surface area contributed by atoms with Crippen molar-refractivity contribution in [3.05, 3.63) is 61.0 Å². The molecule has 1 aromatic heterocycles. The van der Waals surface area contributed by atoms with E-state index in [9.17, 15) is 4.79 Å². The Morgan fingerprint density at radius 3 is 2.86 bits per heavy atom. The number of aromatic amines is 1. The molecule has 1 aromatic rings. The molecule has 1 saturated heterocycles. The number of H-pyrrole nitrogens is 1. The number of allylic oxidation sites excluding steroid dienone is 5. The van der Waals surface area contributed by atoms with E-state index in [0.717, 1.165) is 11.4 Å². The highest BCUT2D eigenvalue weighted by atomic mass is 16.2. The van der Waals surface area contributed by atoms with Gasteiger partial charge in [0.15, 0.2) is 6.04 Å². The van der Waals surface area contributed by atoms with Crippen molar-refractivity contribution < 1.29 is 4.79 Å². The van der Waals surface area contributed by atoms with Gasteiger partial charge in [0.2, 0.25) is 0 Å². The molecule has 0 radical (unpaired) electrons. The largest absolute Gasteiger partial charge is 0.351 e. The van der Waals surface area contributed by atoms with Gasteiger partial charge in [0.1, 0.15) is 5.82 Å². The summed E-state index contributed by atoms with van der Waals surface area (Å²) in [5, 5.41) is 5.39. The zero-order chi connectivity index (χ0) is 15.2. The minimum Gasteiger partial charge on any atom is -0.351 e. The highest BCUT2D eigenvalue weighted by Crippen LogP contribution is 2.11. The maximum atomic E-state index is 11.5. The molecule has 5 heteroatoms. The second-order valence-electron chi connectivity index (χ2n) is 4.35. The predicted molar refractivity (Wildman–Crippen MR) is 82.5 cm³/mol. The topological polar surface area (TPSA) is 69.8 Å². The van der Waals surface area contributed by atoms with E-state index in [0.29, 0.717) is 11.4 Å². The van der Waals surface area contributed by atoms with Gasteiger partial charge in [0.05, 0.1) is 5.82 Å². The number of rotatable bonds is 3. The molecule has 2 rings (SSSR count). The Morgan fingerprint density at radius 2 is 2.29 bits per heavy atom. The fourth-order valence-electron chi connectivity index (χ4n) is 1.73. The molecule has 5 nitrogen and oxygen atoms in total. The van der Waals surface area contributed by atoms with Gasteiger partial charge in [-0.25, -0.2) is 4.98 Å². The first-order valence-electron chi connectivity index (χ1n) is 6.41. The van der Waals surface area contributed by atoms with Crippen molar-refractivity contribution in [1.82, 2.24) is 20.6 Å². The monoisotopic (exact) mass is 280 g/mol. The summed E-state index contributed by atoms with van der Waals surface area (Å²) in [5.74, 6) is 6.70. The van der Waals surface area contributed by atoms with Crippen LogP contribution >= 0.6 is 0 Å². The lowest BCUT2D eigenvalue weighted by Gasteiger charge is -1.97. The molecular formula is C16H16N4O. The van der Waals surface area contributed by atoms with Crippen molar-refractivity contribution in [2.45, 2.75) is 13.0 Å². The van der Waals surface area contributed by atoms with Crippen LogP contribution in [0.1, 0.15) is 12.7 Å². The molecule has 0 aliphatic carbocycles. The number of carbonyl (C=O) groups is 1. The highest BCUT2D eigenvalue weighted by molar-refractivity contribution is 5.89. The fraction of sp³-hybridized carbons (Fsp3) is 0.125. The summed E-state index contributed by atoms with van der Waals surface area (Å²) in [6.07, 6.45) is 9.05. The SMILES string of the molecule is C=C(C#CC1NC(=C)NC1=O)/C=C\C(=CC)c1ncc[nH]1. The molecule has 1 fully saturated rings. The summed E-state index contributed by atoms with van der Waals surface area (Å²) in [7, 11) is 0. The standard InChI is InChI=1S/C16H16N4O/c1-4-13(15-17-9-10-18-15)7-5-11(2)6-8-14-16(21)20-12(3)19-14/h4-5,7,9-10,14,19H,2-3H2,1H3,(H,17,18)(H,20,21)/b7-5-,13-4?. The Kier molecular flexibility index (Phi) is 4.42. The molecular weight excluding hydrogens is 264 g/mol. The summed E-state index contributed by atoms with van der Waals surface area (Å²) in [6.45, 7) is 9.39. The van der Waals surface area contributed by atoms with Crippen LogP contribution in [0.5, 0.6) is 0 Å². The van der Waals surface area contributed by atoms with Crippen LogP contribution in [0.2, 0.25) is 0 Å². The van der Waals surface area contributed by atoms with Crippen molar-refractivity contribution in [1.29, 1.82) is 0 Å². The summed E-state index contributed by atoms with van der Waals surface area (Å²) < 4.78 is 0. The number of amides is 1. The number of hydrogen-bond acceptors (Lipinski definition) is 3. The van der Waals surface area contributed by atoms with Gasteiger partial charge in [-0.2, -0.15) is 0 Å². The van der Waals surface area contributed by atoms with E-state index >= 15 is 0 Å². The number of nitrogens with zero attached hydrogens (tertiary/aromatic N) is 1. The maximum absolute atomic E-state index is 11.5. The van der Waals surface area contributed by atoms with Gasteiger partial charge in [-0.3, -0.25) is 4.79 Å². The van der Waals surface area contributed by atoms with E-state index in [2.05, 4.69) is 45.6 Å². The summed E-state index contributed by atoms with van der Waals surface area (Å²) >= 11 is 0. The van der Waals surface area contributed by atoms with E-state index in [-0.39, 0.29) is 5.91 Å². The Bertz CT molecular complexity index is 684. The molecule has 106 valence electrons. The first kappa shape index (κ1) is 14.4. The third-order valence-corrected chi connectivity index (χ3v) is 2.78. The second kappa shape index (κ2) is 6.44. The molecule has 3 N–H and O–H groups in total. The smallest absolute Gasteiger partial charge is 0.260 e. The first-order chi connectivity index (χ1) is 10.1. The molecule has 1 amide bonds. The maximum Gasteiger partial charge on any atom is 0.260 e. The van der Waals surface area contributed by atoms with E-state index < -0.39 is 6.04 Å². The Balaban J connectivity index is 2.01. The normalized spacial score (nSPS) is 18.1. The lowest BCUT2D eigenvalue weighted by atomic mass is 10.1. The third-order valence-electron chi connectivity index (χ3n) is 2.78. The molecule has 2 heterocycles. The van der Waals surface area contributed by atoms with Gasteiger partial charge in [0.25, 0.3) is 5.91 Å². The van der Waals surface area contributed by atoms with Gasteiger partial charge in [-0.05, 0) is 13.0 Å². The van der Waals surface area contributed by atoms with Crippen LogP contribution < -0.4 is 10.6 Å². The van der Waals surface area contributed by atoms with Crippen molar-refractivity contribution in [2.24, 2.45) is 0 Å². The van der Waals surface area contributed by atoms with Crippen molar-refractivity contribution >= 4 is 11.5 Å². The number of nitrogens with one attached hydrogen (secondary N) is 3. The lowest BCUT2D eigenvalue weighted by molar-refractivity contribution is -0.119. The highest BCUT2D eigenvalue weighted by Gasteiger charge is 2.23. The van der Waals surface area contributed by atoms with E-state index in [1.165, 1.54) is 0 Å². The second-order valence-corrected chi connectivity index (χ2v) is 4.35. The molecule has 1 atom stereocenters. The minimum atomic E-state index is -0.575. The van der Waals surface area contributed by atoms with Crippen molar-refractivity contribution in [3.63, 3.8) is 0 Å². The van der Waals surface area contributed by atoms with Gasteiger partial charge in [-0.15, -0.1) is 0 Å². The molecule has 0 aromatic carbocycles. The zero-order valence-corrected chi connectivity index (χ0v) is 11.7. The average molecular weight is 280 g/mol. The van der Waals surface area contributed by atoms with Crippen LogP contribution in [-0.2, 0) is 4.79 Å². The van der Waals surface area contributed by atoms with Crippen LogP contribution in [0.25, 0.3) is 5.57 Å². The summed E-state index contributed by atoms with van der Waals surface area (Å²) in [6, 6.07) is -0.575. The number of carbonyl (C=O) groups excluding carboxylic acids is 1. The zero-order valence-electron chi connectivity index (χ0n) is 11.7. The number of imidazole rings is 1. The number of hydrogen-bond donors (Lipinski definition) is 3. The van der Waals surface area contributed by atoms with Gasteiger partial charge >= 0.3 is 0 Å². The molecule has 0 spiro atoms. The van der Waals surface area contributed by atoms with Crippen molar-refractivity contribution in [2.75, 3.05) is 0 Å². The molecule has 0 saturated carbocycles. The molecule has 0 bridgehead atoms. The number of aromatic nitrogens is 2. The predicted octanol–water partition coefficient (Wildman–Crippen LogP) is 1.49. The lowest BCUT2D eigenvalue weighted by Crippen LogP contribution is -2.26.